The van der Waals surface area contributed by atoms with Crippen LogP contribution in [0.4, 0.5) is 0 Å². The molecule has 0 saturated carbocycles. The van der Waals surface area contributed by atoms with Crippen molar-refractivity contribution in [2.45, 2.75) is 19.3 Å². The van der Waals surface area contributed by atoms with Crippen molar-refractivity contribution >= 4 is 24.0 Å². The van der Waals surface area contributed by atoms with Crippen LogP contribution in [-0.2, 0) is 6.42 Å². The molecule has 15 heavy (non-hydrogen) atoms. The summed E-state index contributed by atoms with van der Waals surface area (Å²) in [4.78, 5) is 0. The van der Waals surface area contributed by atoms with Crippen LogP contribution in [0.1, 0.15) is 18.4 Å². The van der Waals surface area contributed by atoms with Crippen LogP contribution in [0.2, 0.25) is 5.02 Å². The zero-order chi connectivity index (χ0) is 9.80. The molecule has 0 unspecified atom stereocenters. The Morgan fingerprint density at radius 3 is 2.33 bits per heavy atom. The van der Waals surface area contributed by atoms with Crippen LogP contribution < -0.4 is 5.32 Å². The van der Waals surface area contributed by atoms with Crippen LogP contribution >= 0.6 is 24.0 Å². The first-order chi connectivity index (χ1) is 6.84. The van der Waals surface area contributed by atoms with Gasteiger partial charge in [0.2, 0.25) is 0 Å². The summed E-state index contributed by atoms with van der Waals surface area (Å²) in [5.41, 5.74) is 1.42. The summed E-state index contributed by atoms with van der Waals surface area (Å²) in [6.07, 6.45) is 3.82. The quantitative estimate of drug-likeness (QED) is 0.844. The van der Waals surface area contributed by atoms with Gasteiger partial charge in [-0.25, -0.2) is 0 Å². The zero-order valence-electron chi connectivity index (χ0n) is 8.71. The predicted molar refractivity (Wildman–Crippen MR) is 68.0 cm³/mol. The van der Waals surface area contributed by atoms with Crippen LogP contribution in [-0.4, -0.2) is 13.1 Å². The van der Waals surface area contributed by atoms with Gasteiger partial charge in [-0.3, -0.25) is 0 Å². The number of rotatable bonds is 2. The minimum Gasteiger partial charge on any atom is -0.317 e. The van der Waals surface area contributed by atoms with Crippen LogP contribution in [0, 0.1) is 5.92 Å². The molecular formula is C12H17Cl2N. The highest BCUT2D eigenvalue weighted by Gasteiger charge is 2.12. The number of hydrogen-bond acceptors (Lipinski definition) is 1. The predicted octanol–water partition coefficient (Wildman–Crippen LogP) is 3.30. The largest absolute Gasteiger partial charge is 0.317 e. The van der Waals surface area contributed by atoms with E-state index in [-0.39, 0.29) is 12.4 Å². The van der Waals surface area contributed by atoms with Crippen molar-refractivity contribution in [3.05, 3.63) is 34.9 Å². The van der Waals surface area contributed by atoms with Gasteiger partial charge in [-0.05, 0) is 56.0 Å². The first-order valence-electron chi connectivity index (χ1n) is 5.30. The fourth-order valence-electron chi connectivity index (χ4n) is 2.04. The topological polar surface area (TPSA) is 12.0 Å². The number of nitrogens with one attached hydrogen (secondary N) is 1. The minimum absolute atomic E-state index is 0. The van der Waals surface area contributed by atoms with Crippen molar-refractivity contribution in [2.75, 3.05) is 13.1 Å². The van der Waals surface area contributed by atoms with Crippen molar-refractivity contribution in [3.8, 4) is 0 Å². The van der Waals surface area contributed by atoms with Gasteiger partial charge in [0.1, 0.15) is 0 Å². The molecule has 2 rings (SSSR count). The van der Waals surface area contributed by atoms with E-state index < -0.39 is 0 Å². The molecule has 0 bridgehead atoms. The second kappa shape index (κ2) is 6.37. The van der Waals surface area contributed by atoms with Crippen molar-refractivity contribution in [1.29, 1.82) is 0 Å². The Morgan fingerprint density at radius 1 is 1.13 bits per heavy atom. The Balaban J connectivity index is 0.00000112. The first-order valence-corrected chi connectivity index (χ1v) is 5.67. The lowest BCUT2D eigenvalue weighted by molar-refractivity contribution is 0.372. The van der Waals surface area contributed by atoms with Crippen LogP contribution in [0.25, 0.3) is 0 Å². The van der Waals surface area contributed by atoms with E-state index in [1.807, 2.05) is 12.1 Å². The lowest BCUT2D eigenvalue weighted by atomic mass is 9.91. The Morgan fingerprint density at radius 2 is 1.73 bits per heavy atom. The highest BCUT2D eigenvalue weighted by atomic mass is 35.5. The second-order valence-electron chi connectivity index (χ2n) is 4.02. The molecule has 84 valence electrons. The van der Waals surface area contributed by atoms with E-state index >= 15 is 0 Å². The third-order valence-electron chi connectivity index (χ3n) is 2.90. The summed E-state index contributed by atoms with van der Waals surface area (Å²) in [5.74, 6) is 0.859. The van der Waals surface area contributed by atoms with E-state index in [1.54, 1.807) is 0 Å². The molecule has 1 nitrogen and oxygen atoms in total. The third-order valence-corrected chi connectivity index (χ3v) is 3.15. The number of halogens is 2. The molecule has 1 saturated heterocycles. The number of hydrogen-bond donors (Lipinski definition) is 1. The van der Waals surface area contributed by atoms with Gasteiger partial charge >= 0.3 is 0 Å². The van der Waals surface area contributed by atoms with Gasteiger partial charge in [0, 0.05) is 5.02 Å². The Bertz CT molecular complexity index is 278. The molecule has 1 aromatic rings. The van der Waals surface area contributed by atoms with Crippen LogP contribution in [0.15, 0.2) is 24.3 Å². The molecule has 1 aromatic carbocycles. The Hall–Kier alpha value is -0.240. The fourth-order valence-corrected chi connectivity index (χ4v) is 2.17. The molecule has 1 fully saturated rings. The molecule has 1 N–H and O–H groups in total. The van der Waals surface area contributed by atoms with Crippen molar-refractivity contribution < 1.29 is 0 Å². The van der Waals surface area contributed by atoms with E-state index in [4.69, 9.17) is 11.6 Å². The lowest BCUT2D eigenvalue weighted by Gasteiger charge is -2.22. The van der Waals surface area contributed by atoms with E-state index in [9.17, 15) is 0 Å². The molecule has 1 heterocycles. The maximum atomic E-state index is 5.84. The van der Waals surface area contributed by atoms with E-state index in [1.165, 1.54) is 37.9 Å². The summed E-state index contributed by atoms with van der Waals surface area (Å²) in [7, 11) is 0. The second-order valence-corrected chi connectivity index (χ2v) is 4.46. The van der Waals surface area contributed by atoms with Crippen LogP contribution in [0.3, 0.4) is 0 Å². The molecule has 0 aliphatic carbocycles. The molecule has 3 heteroatoms. The SMILES string of the molecule is Cl.Clc1ccc(CC2CCNCC2)cc1. The van der Waals surface area contributed by atoms with Gasteiger partial charge in [-0.2, -0.15) is 0 Å². The van der Waals surface area contributed by atoms with Gasteiger partial charge < -0.3 is 5.32 Å². The minimum atomic E-state index is 0. The standard InChI is InChI=1S/C12H16ClN.ClH/c13-12-3-1-10(2-4-12)9-11-5-7-14-8-6-11;/h1-4,11,14H,5-9H2;1H. The molecule has 0 radical (unpaired) electrons. The molecule has 0 spiro atoms. The summed E-state index contributed by atoms with van der Waals surface area (Å²) in [6.45, 7) is 2.36. The molecule has 0 aromatic heterocycles. The molecular weight excluding hydrogens is 229 g/mol. The Kier molecular flexibility index (Phi) is 5.44. The average molecular weight is 246 g/mol. The number of piperidine rings is 1. The smallest absolute Gasteiger partial charge is 0.0406 e. The van der Waals surface area contributed by atoms with Crippen molar-refractivity contribution in [2.24, 2.45) is 5.92 Å². The van der Waals surface area contributed by atoms with Gasteiger partial charge in [-0.15, -0.1) is 12.4 Å². The fraction of sp³-hybridized carbons (Fsp3) is 0.500. The average Bonchev–Trinajstić information content (AvgIpc) is 2.23. The molecule has 0 atom stereocenters. The van der Waals surface area contributed by atoms with Crippen molar-refractivity contribution in [3.63, 3.8) is 0 Å². The molecule has 1 aliphatic rings. The zero-order valence-corrected chi connectivity index (χ0v) is 10.3. The van der Waals surface area contributed by atoms with Gasteiger partial charge in [0.25, 0.3) is 0 Å². The van der Waals surface area contributed by atoms with E-state index in [2.05, 4.69) is 17.4 Å². The summed E-state index contributed by atoms with van der Waals surface area (Å²) >= 11 is 5.84. The van der Waals surface area contributed by atoms with Crippen molar-refractivity contribution in [1.82, 2.24) is 5.32 Å². The van der Waals surface area contributed by atoms with E-state index in [0.717, 1.165) is 10.9 Å². The summed E-state index contributed by atoms with van der Waals surface area (Å²) in [6, 6.07) is 8.25. The number of benzene rings is 1. The molecule has 1 aliphatic heterocycles. The normalized spacial score (nSPS) is 17.1. The molecule has 0 amide bonds. The van der Waals surface area contributed by atoms with Gasteiger partial charge in [0.15, 0.2) is 0 Å². The van der Waals surface area contributed by atoms with E-state index in [0.29, 0.717) is 0 Å². The van der Waals surface area contributed by atoms with Crippen LogP contribution in [0.5, 0.6) is 0 Å². The lowest BCUT2D eigenvalue weighted by Crippen LogP contribution is -2.28. The Labute approximate surface area is 103 Å². The highest BCUT2D eigenvalue weighted by molar-refractivity contribution is 6.30. The third kappa shape index (κ3) is 4.02. The maximum Gasteiger partial charge on any atom is 0.0406 e. The van der Waals surface area contributed by atoms with Gasteiger partial charge in [0.05, 0.1) is 0 Å². The maximum absolute atomic E-state index is 5.84. The highest BCUT2D eigenvalue weighted by Crippen LogP contribution is 2.19. The van der Waals surface area contributed by atoms with Gasteiger partial charge in [-0.1, -0.05) is 23.7 Å². The first kappa shape index (κ1) is 12.8. The monoisotopic (exact) mass is 245 g/mol. The summed E-state index contributed by atoms with van der Waals surface area (Å²) < 4.78 is 0. The summed E-state index contributed by atoms with van der Waals surface area (Å²) in [5, 5.41) is 4.22.